The standard InChI is InChI=1S/C10H8BrN5/c1-6-2-3-14-10(7(6)4-12)16-5-8(11)9(13)15-16/h2-3,5H,1H3,(H2,13,15). The summed E-state index contributed by atoms with van der Waals surface area (Å²) in [5, 5.41) is 13.1. The van der Waals surface area contributed by atoms with Crippen LogP contribution in [0.1, 0.15) is 11.1 Å². The van der Waals surface area contributed by atoms with Crippen LogP contribution in [0, 0.1) is 18.3 Å². The highest BCUT2D eigenvalue weighted by atomic mass is 79.9. The van der Waals surface area contributed by atoms with Crippen molar-refractivity contribution < 1.29 is 0 Å². The smallest absolute Gasteiger partial charge is 0.171 e. The lowest BCUT2D eigenvalue weighted by atomic mass is 10.1. The van der Waals surface area contributed by atoms with Gasteiger partial charge in [-0.25, -0.2) is 9.67 Å². The molecule has 0 aliphatic carbocycles. The number of nitrogens with zero attached hydrogens (tertiary/aromatic N) is 4. The molecule has 0 aromatic carbocycles. The number of hydrogen-bond acceptors (Lipinski definition) is 4. The number of aryl methyl sites for hydroxylation is 1. The molecular weight excluding hydrogens is 270 g/mol. The first-order valence-electron chi connectivity index (χ1n) is 4.50. The van der Waals surface area contributed by atoms with Crippen molar-refractivity contribution in [2.45, 2.75) is 6.92 Å². The van der Waals surface area contributed by atoms with E-state index in [-0.39, 0.29) is 0 Å². The summed E-state index contributed by atoms with van der Waals surface area (Å²) >= 11 is 3.26. The van der Waals surface area contributed by atoms with Gasteiger partial charge < -0.3 is 5.73 Å². The summed E-state index contributed by atoms with van der Waals surface area (Å²) < 4.78 is 2.17. The van der Waals surface area contributed by atoms with Crippen molar-refractivity contribution in [2.24, 2.45) is 0 Å². The molecule has 0 unspecified atom stereocenters. The van der Waals surface area contributed by atoms with Crippen LogP contribution in [0.15, 0.2) is 22.9 Å². The number of anilines is 1. The van der Waals surface area contributed by atoms with Gasteiger partial charge in [0.15, 0.2) is 11.6 Å². The molecule has 0 spiro atoms. The fourth-order valence-corrected chi connectivity index (χ4v) is 1.60. The van der Waals surface area contributed by atoms with Crippen molar-refractivity contribution in [2.75, 3.05) is 5.73 Å². The first-order valence-corrected chi connectivity index (χ1v) is 5.29. The second-order valence-electron chi connectivity index (χ2n) is 3.25. The molecule has 5 nitrogen and oxygen atoms in total. The zero-order chi connectivity index (χ0) is 11.7. The molecule has 0 aliphatic rings. The van der Waals surface area contributed by atoms with E-state index in [0.29, 0.717) is 21.7 Å². The molecule has 0 atom stereocenters. The second-order valence-corrected chi connectivity index (χ2v) is 4.10. The van der Waals surface area contributed by atoms with Crippen molar-refractivity contribution in [3.63, 3.8) is 0 Å². The number of nitrogens with two attached hydrogens (primary N) is 1. The van der Waals surface area contributed by atoms with Crippen LogP contribution in [0.2, 0.25) is 0 Å². The maximum absolute atomic E-state index is 9.06. The average Bonchev–Trinajstić information content (AvgIpc) is 2.59. The Hall–Kier alpha value is -1.87. The van der Waals surface area contributed by atoms with Crippen LogP contribution in [0.3, 0.4) is 0 Å². The molecular formula is C10H8BrN5. The molecule has 0 aliphatic heterocycles. The van der Waals surface area contributed by atoms with Gasteiger partial charge in [-0.2, -0.15) is 5.26 Å². The number of halogens is 1. The van der Waals surface area contributed by atoms with Gasteiger partial charge in [0.05, 0.1) is 10.0 Å². The maximum Gasteiger partial charge on any atom is 0.171 e. The molecule has 2 aromatic rings. The first-order chi connectivity index (χ1) is 7.63. The summed E-state index contributed by atoms with van der Waals surface area (Å²) in [7, 11) is 0. The fourth-order valence-electron chi connectivity index (χ4n) is 1.33. The van der Waals surface area contributed by atoms with Gasteiger partial charge in [0.2, 0.25) is 0 Å². The molecule has 80 valence electrons. The summed E-state index contributed by atoms with van der Waals surface area (Å²) in [5.41, 5.74) is 6.97. The van der Waals surface area contributed by atoms with E-state index in [1.165, 1.54) is 4.68 Å². The van der Waals surface area contributed by atoms with E-state index in [0.717, 1.165) is 5.56 Å². The Morgan fingerprint density at radius 3 is 2.88 bits per heavy atom. The van der Waals surface area contributed by atoms with Crippen molar-refractivity contribution in [3.8, 4) is 11.9 Å². The van der Waals surface area contributed by atoms with E-state index >= 15 is 0 Å². The molecule has 2 rings (SSSR count). The summed E-state index contributed by atoms with van der Waals surface area (Å²) in [6.45, 7) is 1.85. The van der Waals surface area contributed by atoms with Crippen LogP contribution >= 0.6 is 15.9 Å². The Morgan fingerprint density at radius 1 is 1.56 bits per heavy atom. The van der Waals surface area contributed by atoms with Crippen LogP contribution in [-0.4, -0.2) is 14.8 Å². The van der Waals surface area contributed by atoms with Crippen LogP contribution in [0.5, 0.6) is 0 Å². The lowest BCUT2D eigenvalue weighted by Gasteiger charge is -2.04. The molecule has 0 bridgehead atoms. The Balaban J connectivity index is 2.65. The molecule has 2 heterocycles. The summed E-state index contributed by atoms with van der Waals surface area (Å²) in [6, 6.07) is 3.89. The van der Waals surface area contributed by atoms with Crippen LogP contribution in [0.4, 0.5) is 5.82 Å². The third-order valence-corrected chi connectivity index (χ3v) is 2.77. The number of nitriles is 1. The lowest BCUT2D eigenvalue weighted by molar-refractivity contribution is 0.845. The van der Waals surface area contributed by atoms with Crippen molar-refractivity contribution in [3.05, 3.63) is 34.1 Å². The van der Waals surface area contributed by atoms with E-state index < -0.39 is 0 Å². The topological polar surface area (TPSA) is 80.5 Å². The van der Waals surface area contributed by atoms with Crippen molar-refractivity contribution >= 4 is 21.7 Å². The van der Waals surface area contributed by atoms with E-state index in [1.54, 1.807) is 18.5 Å². The van der Waals surface area contributed by atoms with E-state index in [2.05, 4.69) is 32.1 Å². The van der Waals surface area contributed by atoms with E-state index in [1.807, 2.05) is 6.92 Å². The minimum absolute atomic E-state index is 0.368. The van der Waals surface area contributed by atoms with Gasteiger partial charge in [-0.05, 0) is 34.5 Å². The molecule has 0 fully saturated rings. The number of nitrogen functional groups attached to an aromatic ring is 1. The second kappa shape index (κ2) is 3.94. The van der Waals surface area contributed by atoms with Crippen LogP contribution < -0.4 is 5.73 Å². The van der Waals surface area contributed by atoms with Gasteiger partial charge in [-0.3, -0.25) is 0 Å². The largest absolute Gasteiger partial charge is 0.381 e. The molecule has 2 N–H and O–H groups in total. The van der Waals surface area contributed by atoms with Crippen molar-refractivity contribution in [1.29, 1.82) is 5.26 Å². The predicted octanol–water partition coefficient (Wildman–Crippen LogP) is 1.79. The minimum Gasteiger partial charge on any atom is -0.381 e. The number of pyridine rings is 1. The number of aromatic nitrogens is 3. The molecule has 0 amide bonds. The van der Waals surface area contributed by atoms with Crippen LogP contribution in [-0.2, 0) is 0 Å². The highest BCUT2D eigenvalue weighted by Gasteiger charge is 2.11. The SMILES string of the molecule is Cc1ccnc(-n2cc(Br)c(N)n2)c1C#N. The third kappa shape index (κ3) is 1.66. The quantitative estimate of drug-likeness (QED) is 0.862. The molecule has 16 heavy (non-hydrogen) atoms. The zero-order valence-corrected chi connectivity index (χ0v) is 10.1. The van der Waals surface area contributed by atoms with Gasteiger partial charge in [0, 0.05) is 12.4 Å². The van der Waals surface area contributed by atoms with E-state index in [9.17, 15) is 0 Å². The van der Waals surface area contributed by atoms with E-state index in [4.69, 9.17) is 11.0 Å². The number of rotatable bonds is 1. The Labute approximate surface area is 101 Å². The van der Waals surface area contributed by atoms with Gasteiger partial charge in [0.25, 0.3) is 0 Å². The van der Waals surface area contributed by atoms with Gasteiger partial charge >= 0.3 is 0 Å². The fraction of sp³-hybridized carbons (Fsp3) is 0.100. The minimum atomic E-state index is 0.368. The van der Waals surface area contributed by atoms with Gasteiger partial charge in [-0.15, -0.1) is 5.10 Å². The average molecular weight is 278 g/mol. The summed E-state index contributed by atoms with van der Waals surface area (Å²) in [5.74, 6) is 0.854. The Kier molecular flexibility index (Phi) is 2.62. The third-order valence-electron chi connectivity index (χ3n) is 2.16. The predicted molar refractivity (Wildman–Crippen MR) is 62.9 cm³/mol. The zero-order valence-electron chi connectivity index (χ0n) is 8.48. The van der Waals surface area contributed by atoms with Crippen molar-refractivity contribution in [1.82, 2.24) is 14.8 Å². The van der Waals surface area contributed by atoms with Crippen LogP contribution in [0.25, 0.3) is 5.82 Å². The lowest BCUT2D eigenvalue weighted by Crippen LogP contribution is -2.03. The Morgan fingerprint density at radius 2 is 2.31 bits per heavy atom. The number of hydrogen-bond donors (Lipinski definition) is 1. The molecule has 0 saturated heterocycles. The molecule has 0 radical (unpaired) electrons. The normalized spacial score (nSPS) is 10.1. The summed E-state index contributed by atoms with van der Waals surface area (Å²) in [6.07, 6.45) is 3.31. The molecule has 0 saturated carbocycles. The van der Waals surface area contributed by atoms with Gasteiger partial charge in [0.1, 0.15) is 6.07 Å². The highest BCUT2D eigenvalue weighted by Crippen LogP contribution is 2.21. The monoisotopic (exact) mass is 277 g/mol. The maximum atomic E-state index is 9.06. The Bertz CT molecular complexity index is 562. The first kappa shape index (κ1) is 10.6. The highest BCUT2D eigenvalue weighted by molar-refractivity contribution is 9.10. The molecule has 6 heteroatoms. The molecule has 2 aromatic heterocycles. The summed E-state index contributed by atoms with van der Waals surface area (Å²) in [4.78, 5) is 4.14. The van der Waals surface area contributed by atoms with Gasteiger partial charge in [-0.1, -0.05) is 0 Å².